The Bertz CT molecular complexity index is 416. The molecule has 0 bridgehead atoms. The SMILES string of the molecule is COC(=O)Cc1cc([N+](=O)[O-])ccc1OC. The average molecular weight is 225 g/mol. The number of nitro groups is 1. The van der Waals surface area contributed by atoms with Crippen LogP contribution in [0.5, 0.6) is 5.75 Å². The third kappa shape index (κ3) is 2.69. The molecule has 0 heterocycles. The summed E-state index contributed by atoms with van der Waals surface area (Å²) < 4.78 is 9.48. The zero-order valence-corrected chi connectivity index (χ0v) is 8.93. The molecule has 86 valence electrons. The lowest BCUT2D eigenvalue weighted by Gasteiger charge is -2.06. The maximum Gasteiger partial charge on any atom is 0.310 e. The van der Waals surface area contributed by atoms with Crippen LogP contribution >= 0.6 is 0 Å². The van der Waals surface area contributed by atoms with Crippen molar-refractivity contribution in [3.8, 4) is 5.75 Å². The van der Waals surface area contributed by atoms with Crippen LogP contribution in [-0.4, -0.2) is 25.1 Å². The van der Waals surface area contributed by atoms with E-state index in [2.05, 4.69) is 4.74 Å². The third-order valence-corrected chi connectivity index (χ3v) is 2.04. The van der Waals surface area contributed by atoms with Gasteiger partial charge in [-0.3, -0.25) is 14.9 Å². The minimum absolute atomic E-state index is 0.0542. The number of hydrogen-bond acceptors (Lipinski definition) is 5. The molecule has 0 saturated carbocycles. The van der Waals surface area contributed by atoms with Crippen molar-refractivity contribution >= 4 is 11.7 Å². The molecule has 0 aromatic heterocycles. The maximum absolute atomic E-state index is 11.1. The molecule has 0 aliphatic rings. The summed E-state index contributed by atoms with van der Waals surface area (Å²) in [6, 6.07) is 4.08. The van der Waals surface area contributed by atoms with Crippen LogP contribution in [0.1, 0.15) is 5.56 Å². The van der Waals surface area contributed by atoms with E-state index in [-0.39, 0.29) is 12.1 Å². The normalized spacial score (nSPS) is 9.62. The van der Waals surface area contributed by atoms with E-state index < -0.39 is 10.9 Å². The summed E-state index contributed by atoms with van der Waals surface area (Å²) in [7, 11) is 2.69. The van der Waals surface area contributed by atoms with Crippen LogP contribution in [0, 0.1) is 10.1 Å². The number of hydrogen-bond donors (Lipinski definition) is 0. The van der Waals surface area contributed by atoms with Crippen LogP contribution < -0.4 is 4.74 Å². The van der Waals surface area contributed by atoms with E-state index in [1.165, 1.54) is 32.4 Å². The van der Waals surface area contributed by atoms with E-state index >= 15 is 0 Å². The van der Waals surface area contributed by atoms with Crippen LogP contribution in [0.2, 0.25) is 0 Å². The van der Waals surface area contributed by atoms with Gasteiger partial charge in [-0.2, -0.15) is 0 Å². The first-order valence-electron chi connectivity index (χ1n) is 4.46. The molecule has 16 heavy (non-hydrogen) atoms. The Morgan fingerprint density at radius 1 is 1.44 bits per heavy atom. The molecule has 0 amide bonds. The van der Waals surface area contributed by atoms with Gasteiger partial charge in [-0.1, -0.05) is 0 Å². The lowest BCUT2D eigenvalue weighted by atomic mass is 10.1. The van der Waals surface area contributed by atoms with E-state index in [9.17, 15) is 14.9 Å². The van der Waals surface area contributed by atoms with Gasteiger partial charge in [0.25, 0.3) is 5.69 Å². The predicted octanol–water partition coefficient (Wildman–Crippen LogP) is 1.32. The lowest BCUT2D eigenvalue weighted by molar-refractivity contribution is -0.384. The summed E-state index contributed by atoms with van der Waals surface area (Å²) in [5, 5.41) is 10.6. The van der Waals surface area contributed by atoms with Crippen molar-refractivity contribution in [1.82, 2.24) is 0 Å². The van der Waals surface area contributed by atoms with Gasteiger partial charge < -0.3 is 9.47 Å². The first-order valence-corrected chi connectivity index (χ1v) is 4.46. The first-order chi connectivity index (χ1) is 7.58. The van der Waals surface area contributed by atoms with E-state index in [1.54, 1.807) is 0 Å². The van der Waals surface area contributed by atoms with Gasteiger partial charge >= 0.3 is 5.97 Å². The summed E-state index contributed by atoms with van der Waals surface area (Å²) in [5.74, 6) is -0.0465. The standard InChI is InChI=1S/C10H11NO5/c1-15-9-4-3-8(11(13)14)5-7(9)6-10(12)16-2/h3-5H,6H2,1-2H3. The van der Waals surface area contributed by atoms with Gasteiger partial charge in [-0.25, -0.2) is 0 Å². The molecule has 0 radical (unpaired) electrons. The molecule has 0 atom stereocenters. The fourth-order valence-electron chi connectivity index (χ4n) is 1.24. The van der Waals surface area contributed by atoms with E-state index in [0.717, 1.165) is 0 Å². The number of methoxy groups -OCH3 is 2. The molecule has 6 heteroatoms. The second kappa shape index (κ2) is 5.11. The summed E-state index contributed by atoms with van der Waals surface area (Å²) >= 11 is 0. The Labute approximate surface area is 91.9 Å². The van der Waals surface area contributed by atoms with Crippen molar-refractivity contribution < 1.29 is 19.2 Å². The molecule has 0 unspecified atom stereocenters. The number of esters is 1. The van der Waals surface area contributed by atoms with Gasteiger partial charge in [0.05, 0.1) is 25.6 Å². The van der Waals surface area contributed by atoms with Gasteiger partial charge in [0.15, 0.2) is 0 Å². The molecule has 0 aliphatic carbocycles. The Kier molecular flexibility index (Phi) is 3.82. The lowest BCUT2D eigenvalue weighted by Crippen LogP contribution is -2.06. The fourth-order valence-corrected chi connectivity index (χ4v) is 1.24. The minimum Gasteiger partial charge on any atom is -0.496 e. The second-order valence-corrected chi connectivity index (χ2v) is 3.01. The largest absolute Gasteiger partial charge is 0.496 e. The summed E-state index contributed by atoms with van der Waals surface area (Å²) in [6.45, 7) is 0. The highest BCUT2D eigenvalue weighted by Crippen LogP contribution is 2.24. The third-order valence-electron chi connectivity index (χ3n) is 2.04. The second-order valence-electron chi connectivity index (χ2n) is 3.01. The molecular weight excluding hydrogens is 214 g/mol. The van der Waals surface area contributed by atoms with Crippen LogP contribution in [0.15, 0.2) is 18.2 Å². The molecule has 0 aliphatic heterocycles. The van der Waals surface area contributed by atoms with Gasteiger partial charge in [-0.15, -0.1) is 0 Å². The summed E-state index contributed by atoms with van der Waals surface area (Å²) in [6.07, 6.45) is -0.0542. The van der Waals surface area contributed by atoms with E-state index in [4.69, 9.17) is 4.74 Å². The number of nitrogens with zero attached hydrogens (tertiary/aromatic N) is 1. The van der Waals surface area contributed by atoms with Gasteiger partial charge in [0.1, 0.15) is 5.75 Å². The number of nitro benzene ring substituents is 1. The molecule has 0 fully saturated rings. The van der Waals surface area contributed by atoms with Crippen LogP contribution in [-0.2, 0) is 16.0 Å². The first kappa shape index (κ1) is 12.0. The predicted molar refractivity (Wildman–Crippen MR) is 55.4 cm³/mol. The topological polar surface area (TPSA) is 78.7 Å². The van der Waals surface area contributed by atoms with E-state index in [1.807, 2.05) is 0 Å². The molecule has 0 spiro atoms. The maximum atomic E-state index is 11.1. The minimum atomic E-state index is -0.528. The fraction of sp³-hybridized carbons (Fsp3) is 0.300. The number of non-ortho nitro benzene ring substituents is 1. The molecule has 0 saturated heterocycles. The molecule has 1 aromatic carbocycles. The van der Waals surface area contributed by atoms with Gasteiger partial charge in [0.2, 0.25) is 0 Å². The smallest absolute Gasteiger partial charge is 0.310 e. The van der Waals surface area contributed by atoms with Crippen molar-refractivity contribution in [2.75, 3.05) is 14.2 Å². The van der Waals surface area contributed by atoms with Crippen molar-refractivity contribution in [2.45, 2.75) is 6.42 Å². The molecule has 0 N–H and O–H groups in total. The van der Waals surface area contributed by atoms with Crippen LogP contribution in [0.4, 0.5) is 5.69 Å². The van der Waals surface area contributed by atoms with Gasteiger partial charge in [-0.05, 0) is 6.07 Å². The van der Waals surface area contributed by atoms with Crippen molar-refractivity contribution in [3.63, 3.8) is 0 Å². The number of rotatable bonds is 4. The molecule has 1 rings (SSSR count). The summed E-state index contributed by atoms with van der Waals surface area (Å²) in [4.78, 5) is 21.1. The Hall–Kier alpha value is -2.11. The Morgan fingerprint density at radius 3 is 2.62 bits per heavy atom. The number of carbonyl (C=O) groups is 1. The highest BCUT2D eigenvalue weighted by atomic mass is 16.6. The number of carbonyl (C=O) groups excluding carboxylic acids is 1. The highest BCUT2D eigenvalue weighted by molar-refractivity contribution is 5.73. The van der Waals surface area contributed by atoms with Crippen molar-refractivity contribution in [1.29, 1.82) is 0 Å². The monoisotopic (exact) mass is 225 g/mol. The Balaban J connectivity index is 3.06. The van der Waals surface area contributed by atoms with E-state index in [0.29, 0.717) is 11.3 Å². The van der Waals surface area contributed by atoms with Crippen LogP contribution in [0.3, 0.4) is 0 Å². The molecule has 6 nitrogen and oxygen atoms in total. The van der Waals surface area contributed by atoms with Crippen molar-refractivity contribution in [3.05, 3.63) is 33.9 Å². The number of benzene rings is 1. The quantitative estimate of drug-likeness (QED) is 0.438. The summed E-state index contributed by atoms with van der Waals surface area (Å²) in [5.41, 5.74) is 0.350. The zero-order chi connectivity index (χ0) is 12.1. The highest BCUT2D eigenvalue weighted by Gasteiger charge is 2.14. The van der Waals surface area contributed by atoms with Crippen molar-refractivity contribution in [2.24, 2.45) is 0 Å². The van der Waals surface area contributed by atoms with Gasteiger partial charge in [0, 0.05) is 17.7 Å². The molecular formula is C10H11NO5. The average Bonchev–Trinajstić information content (AvgIpc) is 2.28. The van der Waals surface area contributed by atoms with Crippen LogP contribution in [0.25, 0.3) is 0 Å². The Morgan fingerprint density at radius 2 is 2.12 bits per heavy atom. The number of ether oxygens (including phenoxy) is 2. The zero-order valence-electron chi connectivity index (χ0n) is 8.93. The molecule has 1 aromatic rings.